The predicted molar refractivity (Wildman–Crippen MR) is 114 cm³/mol. The zero-order valence-electron chi connectivity index (χ0n) is 16.5. The number of benzene rings is 2. The van der Waals surface area contributed by atoms with Crippen LogP contribution in [0.3, 0.4) is 0 Å². The van der Waals surface area contributed by atoms with Crippen molar-refractivity contribution in [1.82, 2.24) is 9.62 Å². The normalized spacial score (nSPS) is 12.4. The number of nitrogens with two attached hydrogens (primary N) is 1. The summed E-state index contributed by atoms with van der Waals surface area (Å²) in [6, 6.07) is 13.3. The molecule has 1 unspecified atom stereocenters. The van der Waals surface area contributed by atoms with Crippen LogP contribution in [0, 0.1) is 0 Å². The van der Waals surface area contributed by atoms with Crippen LogP contribution in [0.5, 0.6) is 0 Å². The first-order valence-corrected chi connectivity index (χ1v) is 10.3. The van der Waals surface area contributed by atoms with Crippen molar-refractivity contribution in [3.8, 4) is 0 Å². The van der Waals surface area contributed by atoms with Crippen LogP contribution < -0.4 is 10.5 Å². The van der Waals surface area contributed by atoms with Gasteiger partial charge in [0.25, 0.3) is 5.91 Å². The van der Waals surface area contributed by atoms with Gasteiger partial charge < -0.3 is 10.6 Å². The van der Waals surface area contributed by atoms with E-state index in [2.05, 4.69) is 18.6 Å². The van der Waals surface area contributed by atoms with E-state index in [4.69, 9.17) is 5.73 Å². The Kier molecular flexibility index (Phi) is 8.63. The summed E-state index contributed by atoms with van der Waals surface area (Å²) in [6.45, 7) is 4.31. The van der Waals surface area contributed by atoms with Crippen LogP contribution in [0.15, 0.2) is 53.4 Å². The molecule has 6 nitrogen and oxygen atoms in total. The van der Waals surface area contributed by atoms with E-state index in [9.17, 15) is 13.2 Å². The standard InChI is InChI=1S/C20H27N3O3S.ClH/c1-14(2)15-5-7-16(8-6-15)19(21)13-22-27(25,26)18-11-9-17(10-12-18)20(24)23(3)4;/h5-12,14,19,22H,13,21H2,1-4H3;1H. The van der Waals surface area contributed by atoms with Gasteiger partial charge in [-0.1, -0.05) is 38.1 Å². The highest BCUT2D eigenvalue weighted by Crippen LogP contribution is 2.18. The third-order valence-corrected chi connectivity index (χ3v) is 5.78. The summed E-state index contributed by atoms with van der Waals surface area (Å²) < 4.78 is 27.5. The van der Waals surface area contributed by atoms with Gasteiger partial charge in [-0.2, -0.15) is 0 Å². The molecule has 0 spiro atoms. The number of amides is 1. The number of nitrogens with one attached hydrogen (secondary N) is 1. The van der Waals surface area contributed by atoms with Crippen LogP contribution in [0.1, 0.15) is 47.3 Å². The van der Waals surface area contributed by atoms with Crippen molar-refractivity contribution in [2.24, 2.45) is 5.73 Å². The highest BCUT2D eigenvalue weighted by molar-refractivity contribution is 7.89. The van der Waals surface area contributed by atoms with Crippen molar-refractivity contribution < 1.29 is 13.2 Å². The van der Waals surface area contributed by atoms with E-state index in [1.165, 1.54) is 34.7 Å². The van der Waals surface area contributed by atoms with Crippen molar-refractivity contribution in [2.75, 3.05) is 20.6 Å². The first kappa shape index (κ1) is 24.1. The molecular weight excluding hydrogens is 398 g/mol. The molecule has 0 aliphatic heterocycles. The summed E-state index contributed by atoms with van der Waals surface area (Å²) in [6.07, 6.45) is 0. The van der Waals surface area contributed by atoms with E-state index in [0.29, 0.717) is 11.5 Å². The molecule has 0 aliphatic carbocycles. The quantitative estimate of drug-likeness (QED) is 0.713. The van der Waals surface area contributed by atoms with E-state index in [1.54, 1.807) is 14.1 Å². The van der Waals surface area contributed by atoms with Crippen molar-refractivity contribution in [2.45, 2.75) is 30.7 Å². The minimum atomic E-state index is -3.70. The molecule has 0 saturated carbocycles. The number of carbonyl (C=O) groups is 1. The Morgan fingerprint density at radius 1 is 1.00 bits per heavy atom. The average molecular weight is 426 g/mol. The van der Waals surface area contributed by atoms with E-state index in [1.807, 2.05) is 24.3 Å². The van der Waals surface area contributed by atoms with Gasteiger partial charge in [0.1, 0.15) is 0 Å². The largest absolute Gasteiger partial charge is 0.345 e. The number of carbonyl (C=O) groups excluding carboxylic acids is 1. The lowest BCUT2D eigenvalue weighted by atomic mass is 9.99. The highest BCUT2D eigenvalue weighted by atomic mass is 35.5. The van der Waals surface area contributed by atoms with Crippen LogP contribution in [0.2, 0.25) is 0 Å². The maximum Gasteiger partial charge on any atom is 0.253 e. The van der Waals surface area contributed by atoms with Gasteiger partial charge in [0.05, 0.1) is 4.90 Å². The second kappa shape index (κ2) is 10.0. The van der Waals surface area contributed by atoms with Gasteiger partial charge in [-0.3, -0.25) is 4.79 Å². The van der Waals surface area contributed by atoms with Gasteiger partial charge in [-0.05, 0) is 41.3 Å². The molecule has 2 rings (SSSR count). The summed E-state index contributed by atoms with van der Waals surface area (Å²) in [5.41, 5.74) is 8.63. The monoisotopic (exact) mass is 425 g/mol. The minimum Gasteiger partial charge on any atom is -0.345 e. The summed E-state index contributed by atoms with van der Waals surface area (Å²) in [4.78, 5) is 13.4. The number of sulfonamides is 1. The van der Waals surface area contributed by atoms with Crippen LogP contribution in [-0.2, 0) is 10.0 Å². The van der Waals surface area contributed by atoms with Gasteiger partial charge in [-0.25, -0.2) is 13.1 Å². The fraction of sp³-hybridized carbons (Fsp3) is 0.350. The summed E-state index contributed by atoms with van der Waals surface area (Å²) in [7, 11) is -0.418. The SMILES string of the molecule is CC(C)c1ccc(C(N)CNS(=O)(=O)c2ccc(C(=O)N(C)C)cc2)cc1.Cl. The Bertz CT molecular complexity index is 880. The molecule has 0 aromatic heterocycles. The Labute approximate surface area is 173 Å². The molecule has 0 radical (unpaired) electrons. The number of hydrogen-bond acceptors (Lipinski definition) is 4. The van der Waals surface area contributed by atoms with Gasteiger partial charge in [0.15, 0.2) is 0 Å². The van der Waals surface area contributed by atoms with Gasteiger partial charge in [0.2, 0.25) is 10.0 Å². The number of halogens is 1. The molecule has 2 aromatic carbocycles. The second-order valence-corrected chi connectivity index (χ2v) is 8.77. The lowest BCUT2D eigenvalue weighted by Gasteiger charge is -2.15. The van der Waals surface area contributed by atoms with E-state index < -0.39 is 16.1 Å². The zero-order valence-corrected chi connectivity index (χ0v) is 18.2. The van der Waals surface area contributed by atoms with Crippen molar-refractivity contribution in [3.63, 3.8) is 0 Å². The molecule has 0 aliphatic rings. The molecule has 0 saturated heterocycles. The third kappa shape index (κ3) is 6.04. The molecular formula is C20H28ClN3O3S. The van der Waals surface area contributed by atoms with Crippen molar-refractivity contribution in [1.29, 1.82) is 0 Å². The van der Waals surface area contributed by atoms with E-state index in [-0.39, 0.29) is 29.8 Å². The van der Waals surface area contributed by atoms with Crippen LogP contribution in [0.25, 0.3) is 0 Å². The minimum absolute atomic E-state index is 0. The lowest BCUT2D eigenvalue weighted by Crippen LogP contribution is -2.32. The van der Waals surface area contributed by atoms with Crippen LogP contribution in [0.4, 0.5) is 0 Å². The molecule has 0 heterocycles. The first-order chi connectivity index (χ1) is 12.6. The van der Waals surface area contributed by atoms with E-state index in [0.717, 1.165) is 5.56 Å². The fourth-order valence-electron chi connectivity index (χ4n) is 2.56. The number of hydrogen-bond donors (Lipinski definition) is 2. The zero-order chi connectivity index (χ0) is 20.2. The molecule has 0 fully saturated rings. The third-order valence-electron chi connectivity index (χ3n) is 4.34. The lowest BCUT2D eigenvalue weighted by molar-refractivity contribution is 0.0827. The maximum absolute atomic E-state index is 12.5. The van der Waals surface area contributed by atoms with Crippen LogP contribution >= 0.6 is 12.4 Å². The molecule has 154 valence electrons. The molecule has 1 amide bonds. The highest BCUT2D eigenvalue weighted by Gasteiger charge is 2.17. The van der Waals surface area contributed by atoms with Gasteiger partial charge in [0, 0.05) is 32.2 Å². The van der Waals surface area contributed by atoms with Crippen LogP contribution in [-0.4, -0.2) is 39.9 Å². The predicted octanol–water partition coefficient (Wildman–Crippen LogP) is 2.91. The maximum atomic E-state index is 12.5. The summed E-state index contributed by atoms with van der Waals surface area (Å²) >= 11 is 0. The first-order valence-electron chi connectivity index (χ1n) is 8.78. The average Bonchev–Trinajstić information content (AvgIpc) is 2.65. The molecule has 3 N–H and O–H groups in total. The van der Waals surface area contributed by atoms with Gasteiger partial charge >= 0.3 is 0 Å². The number of rotatable bonds is 7. The Morgan fingerprint density at radius 2 is 1.50 bits per heavy atom. The molecule has 2 aromatic rings. The van der Waals surface area contributed by atoms with Gasteiger partial charge in [-0.15, -0.1) is 12.4 Å². The Morgan fingerprint density at radius 3 is 1.96 bits per heavy atom. The number of nitrogens with zero attached hydrogens (tertiary/aromatic N) is 1. The summed E-state index contributed by atoms with van der Waals surface area (Å²) in [5.74, 6) is 0.245. The smallest absolute Gasteiger partial charge is 0.253 e. The molecule has 8 heteroatoms. The van der Waals surface area contributed by atoms with Crippen molar-refractivity contribution >= 4 is 28.3 Å². The molecule has 1 atom stereocenters. The van der Waals surface area contributed by atoms with E-state index >= 15 is 0 Å². The topological polar surface area (TPSA) is 92.5 Å². The molecule has 28 heavy (non-hydrogen) atoms. The Hall–Kier alpha value is -1.93. The molecule has 0 bridgehead atoms. The second-order valence-electron chi connectivity index (χ2n) is 7.00. The van der Waals surface area contributed by atoms with Crippen molar-refractivity contribution in [3.05, 3.63) is 65.2 Å². The summed E-state index contributed by atoms with van der Waals surface area (Å²) in [5, 5.41) is 0. The fourth-order valence-corrected chi connectivity index (χ4v) is 3.62. The Balaban J connectivity index is 0.00000392.